The molecule has 1 saturated carbocycles. The summed E-state index contributed by atoms with van der Waals surface area (Å²) >= 11 is 0. The lowest BCUT2D eigenvalue weighted by molar-refractivity contribution is 0.000547. The second-order valence-electron chi connectivity index (χ2n) is 6.30. The first-order chi connectivity index (χ1) is 8.77. The Morgan fingerprint density at radius 1 is 1.17 bits per heavy atom. The monoisotopic (exact) mass is 253 g/mol. The lowest BCUT2D eigenvalue weighted by Crippen LogP contribution is -2.58. The minimum Gasteiger partial charge on any atom is -0.381 e. The molecule has 1 unspecified atom stereocenters. The van der Waals surface area contributed by atoms with Crippen molar-refractivity contribution in [2.24, 2.45) is 5.73 Å². The van der Waals surface area contributed by atoms with Crippen LogP contribution in [0.15, 0.2) is 0 Å². The Morgan fingerprint density at radius 3 is 2.44 bits per heavy atom. The number of likely N-dealkylation sites (tertiary alicyclic amines) is 2. The van der Waals surface area contributed by atoms with Gasteiger partial charge in [-0.3, -0.25) is 9.80 Å². The van der Waals surface area contributed by atoms with Gasteiger partial charge in [0.2, 0.25) is 0 Å². The highest BCUT2D eigenvalue weighted by Gasteiger charge is 2.46. The largest absolute Gasteiger partial charge is 0.381 e. The highest BCUT2D eigenvalue weighted by atomic mass is 16.5. The molecule has 3 fully saturated rings. The van der Waals surface area contributed by atoms with Gasteiger partial charge in [0, 0.05) is 51.4 Å². The normalized spacial score (nSPS) is 36.3. The van der Waals surface area contributed by atoms with E-state index in [2.05, 4.69) is 9.80 Å². The fourth-order valence-electron chi connectivity index (χ4n) is 3.76. The van der Waals surface area contributed by atoms with Crippen molar-refractivity contribution in [2.75, 3.05) is 39.8 Å². The van der Waals surface area contributed by atoms with Gasteiger partial charge in [-0.2, -0.15) is 0 Å². The molecule has 0 spiro atoms. The lowest BCUT2D eigenvalue weighted by Gasteiger charge is -2.44. The molecule has 104 valence electrons. The predicted molar refractivity (Wildman–Crippen MR) is 72.6 cm³/mol. The van der Waals surface area contributed by atoms with Crippen molar-refractivity contribution >= 4 is 0 Å². The number of methoxy groups -OCH3 is 1. The number of hydrogen-bond acceptors (Lipinski definition) is 4. The van der Waals surface area contributed by atoms with Crippen LogP contribution in [0, 0.1) is 0 Å². The van der Waals surface area contributed by atoms with E-state index in [1.165, 1.54) is 45.2 Å². The summed E-state index contributed by atoms with van der Waals surface area (Å²) in [4.78, 5) is 5.33. The van der Waals surface area contributed by atoms with Crippen LogP contribution < -0.4 is 5.73 Å². The highest BCUT2D eigenvalue weighted by molar-refractivity contribution is 5.04. The summed E-state index contributed by atoms with van der Waals surface area (Å²) in [6.07, 6.45) is 6.89. The molecule has 18 heavy (non-hydrogen) atoms. The van der Waals surface area contributed by atoms with Crippen LogP contribution in [-0.2, 0) is 4.74 Å². The predicted octanol–water partition coefficient (Wildman–Crippen LogP) is 0.663. The molecule has 1 atom stereocenters. The van der Waals surface area contributed by atoms with E-state index in [0.717, 1.165) is 25.7 Å². The van der Waals surface area contributed by atoms with Crippen LogP contribution in [0.25, 0.3) is 0 Å². The molecule has 0 aromatic carbocycles. The summed E-state index contributed by atoms with van der Waals surface area (Å²) in [5.41, 5.74) is 6.42. The molecule has 3 rings (SSSR count). The summed E-state index contributed by atoms with van der Waals surface area (Å²) < 4.78 is 5.47. The van der Waals surface area contributed by atoms with Crippen molar-refractivity contribution in [1.82, 2.24) is 9.80 Å². The summed E-state index contributed by atoms with van der Waals surface area (Å²) in [5, 5.41) is 0. The van der Waals surface area contributed by atoms with Gasteiger partial charge in [0.15, 0.2) is 0 Å². The molecule has 4 heteroatoms. The fourth-order valence-corrected chi connectivity index (χ4v) is 3.76. The van der Waals surface area contributed by atoms with Gasteiger partial charge in [0.05, 0.1) is 6.10 Å². The molecule has 0 aromatic heterocycles. The third-order valence-corrected chi connectivity index (χ3v) is 5.25. The molecule has 1 aliphatic carbocycles. The second-order valence-corrected chi connectivity index (χ2v) is 6.30. The van der Waals surface area contributed by atoms with E-state index < -0.39 is 0 Å². The zero-order valence-electron chi connectivity index (χ0n) is 11.6. The standard InChI is InChI=1S/C14H27N3O/c1-18-13-4-7-17(8-5-13)14(10-15)6-9-16(11-14)12-2-3-12/h12-13H,2-11,15H2,1H3. The molecule has 0 bridgehead atoms. The number of nitrogens with two attached hydrogens (primary N) is 1. The zero-order valence-corrected chi connectivity index (χ0v) is 11.6. The Balaban J connectivity index is 1.61. The van der Waals surface area contributed by atoms with Gasteiger partial charge in [0.25, 0.3) is 0 Å². The Labute approximate surface area is 110 Å². The molecule has 3 aliphatic rings. The molecule has 2 N–H and O–H groups in total. The van der Waals surface area contributed by atoms with Gasteiger partial charge in [-0.15, -0.1) is 0 Å². The molecular weight excluding hydrogens is 226 g/mol. The average Bonchev–Trinajstić information content (AvgIpc) is 3.19. The van der Waals surface area contributed by atoms with Crippen molar-refractivity contribution in [3.8, 4) is 0 Å². The Kier molecular flexibility index (Phi) is 3.63. The van der Waals surface area contributed by atoms with Gasteiger partial charge < -0.3 is 10.5 Å². The lowest BCUT2D eigenvalue weighted by atomic mass is 9.92. The molecule has 2 heterocycles. The van der Waals surface area contributed by atoms with E-state index >= 15 is 0 Å². The van der Waals surface area contributed by atoms with Gasteiger partial charge >= 0.3 is 0 Å². The Bertz CT molecular complexity index is 287. The Hall–Kier alpha value is -0.160. The molecule has 0 amide bonds. The van der Waals surface area contributed by atoms with E-state index in [4.69, 9.17) is 10.5 Å². The van der Waals surface area contributed by atoms with E-state index in [1.807, 2.05) is 7.11 Å². The van der Waals surface area contributed by atoms with Crippen LogP contribution in [-0.4, -0.2) is 67.3 Å². The quantitative estimate of drug-likeness (QED) is 0.799. The van der Waals surface area contributed by atoms with E-state index in [0.29, 0.717) is 6.10 Å². The van der Waals surface area contributed by atoms with E-state index in [-0.39, 0.29) is 5.54 Å². The summed E-state index contributed by atoms with van der Waals surface area (Å²) in [5.74, 6) is 0. The van der Waals surface area contributed by atoms with Crippen molar-refractivity contribution < 1.29 is 4.74 Å². The van der Waals surface area contributed by atoms with Crippen molar-refractivity contribution in [3.63, 3.8) is 0 Å². The fraction of sp³-hybridized carbons (Fsp3) is 1.00. The zero-order chi connectivity index (χ0) is 12.6. The van der Waals surface area contributed by atoms with Gasteiger partial charge in [-0.1, -0.05) is 0 Å². The third-order valence-electron chi connectivity index (χ3n) is 5.25. The average molecular weight is 253 g/mol. The summed E-state index contributed by atoms with van der Waals surface area (Å²) in [7, 11) is 1.84. The molecule has 0 aromatic rings. The first kappa shape index (κ1) is 12.9. The maximum absolute atomic E-state index is 6.15. The number of hydrogen-bond donors (Lipinski definition) is 1. The number of piperidine rings is 1. The van der Waals surface area contributed by atoms with Crippen LogP contribution in [0.5, 0.6) is 0 Å². The minimum absolute atomic E-state index is 0.265. The summed E-state index contributed by atoms with van der Waals surface area (Å²) in [6, 6.07) is 0.884. The smallest absolute Gasteiger partial charge is 0.0595 e. The summed E-state index contributed by atoms with van der Waals surface area (Å²) in [6.45, 7) is 5.59. The van der Waals surface area contributed by atoms with Crippen molar-refractivity contribution in [1.29, 1.82) is 0 Å². The van der Waals surface area contributed by atoms with Gasteiger partial charge in [0.1, 0.15) is 0 Å². The minimum atomic E-state index is 0.265. The molecule has 2 aliphatic heterocycles. The topological polar surface area (TPSA) is 41.7 Å². The van der Waals surface area contributed by atoms with Crippen molar-refractivity contribution in [3.05, 3.63) is 0 Å². The van der Waals surface area contributed by atoms with Crippen LogP contribution in [0.1, 0.15) is 32.1 Å². The Morgan fingerprint density at radius 2 is 1.89 bits per heavy atom. The number of rotatable bonds is 4. The van der Waals surface area contributed by atoms with Crippen LogP contribution in [0.3, 0.4) is 0 Å². The number of nitrogens with zero attached hydrogens (tertiary/aromatic N) is 2. The maximum atomic E-state index is 6.15. The highest BCUT2D eigenvalue weighted by Crippen LogP contribution is 2.36. The first-order valence-corrected chi connectivity index (χ1v) is 7.49. The van der Waals surface area contributed by atoms with Gasteiger partial charge in [-0.25, -0.2) is 0 Å². The number of ether oxygens (including phenoxy) is 1. The molecule has 0 radical (unpaired) electrons. The van der Waals surface area contributed by atoms with Crippen LogP contribution in [0.2, 0.25) is 0 Å². The van der Waals surface area contributed by atoms with E-state index in [1.54, 1.807) is 0 Å². The molecule has 2 saturated heterocycles. The third kappa shape index (κ3) is 2.31. The SMILES string of the molecule is COC1CCN(C2(CN)CCN(C3CC3)C2)CC1. The molecular formula is C14H27N3O. The second kappa shape index (κ2) is 5.08. The van der Waals surface area contributed by atoms with Crippen LogP contribution >= 0.6 is 0 Å². The van der Waals surface area contributed by atoms with Crippen molar-refractivity contribution in [2.45, 2.75) is 49.8 Å². The maximum Gasteiger partial charge on any atom is 0.0595 e. The first-order valence-electron chi connectivity index (χ1n) is 7.49. The van der Waals surface area contributed by atoms with Crippen LogP contribution in [0.4, 0.5) is 0 Å². The molecule has 4 nitrogen and oxygen atoms in total. The van der Waals surface area contributed by atoms with E-state index in [9.17, 15) is 0 Å². The van der Waals surface area contributed by atoms with Gasteiger partial charge in [-0.05, 0) is 32.1 Å².